The van der Waals surface area contributed by atoms with Gasteiger partial charge in [-0.3, -0.25) is 14.9 Å². The van der Waals surface area contributed by atoms with Crippen LogP contribution < -0.4 is 15.0 Å². The monoisotopic (exact) mass is 423 g/mol. The Bertz CT molecular complexity index is 738. The second kappa shape index (κ2) is 10.1. The van der Waals surface area contributed by atoms with Crippen molar-refractivity contribution in [2.75, 3.05) is 20.2 Å². The average molecular weight is 424 g/mol. The van der Waals surface area contributed by atoms with Crippen molar-refractivity contribution in [2.45, 2.75) is 63.1 Å². The Morgan fingerprint density at radius 3 is 2.52 bits per heavy atom. The topological polar surface area (TPSA) is 75.4 Å². The van der Waals surface area contributed by atoms with Crippen molar-refractivity contribution in [3.05, 3.63) is 35.2 Å². The second-order valence-corrected chi connectivity index (χ2v) is 7.72. The van der Waals surface area contributed by atoms with Gasteiger partial charge >= 0.3 is 0 Å². The normalized spacial score (nSPS) is 20.2. The zero-order valence-corrected chi connectivity index (χ0v) is 17.8. The van der Waals surface area contributed by atoms with Crippen LogP contribution in [0.1, 0.15) is 51.0 Å². The summed E-state index contributed by atoms with van der Waals surface area (Å²) in [7, 11) is 1.63. The highest BCUT2D eigenvalue weighted by Gasteiger charge is 2.44. The summed E-state index contributed by atoms with van der Waals surface area (Å²) in [5.74, 6) is 0.985. The molecule has 7 nitrogen and oxygen atoms in total. The van der Waals surface area contributed by atoms with E-state index in [4.69, 9.17) is 21.3 Å². The fraction of sp³-hybridized carbons (Fsp3) is 0.619. The largest absolute Gasteiger partial charge is 0.493 e. The number of halogens is 1. The number of carbonyl (C=O) groups is 1. The molecule has 2 fully saturated rings. The van der Waals surface area contributed by atoms with E-state index in [2.05, 4.69) is 4.85 Å². The number of rotatable bonds is 6. The number of benzene rings is 1. The Labute approximate surface area is 178 Å². The number of carbonyl (C=O) groups excluding carboxylic acids is 1. The standard InChI is InChI=1S/C21H29N3O4.ClH/c1-15(20(25)23-26)24-12-10-21(22-2,11-13-24)16-8-9-18(27-3)19(14-16)28-17-6-4-5-7-17;/h8-9,14-15,17,26H,4-7,10-13H2,1,3H3,(H,23,25);1H. The zero-order valence-electron chi connectivity index (χ0n) is 17.0. The highest BCUT2D eigenvalue weighted by atomic mass is 35.5. The van der Waals surface area contributed by atoms with E-state index in [9.17, 15) is 4.79 Å². The van der Waals surface area contributed by atoms with Gasteiger partial charge in [-0.25, -0.2) is 12.1 Å². The molecule has 0 bridgehead atoms. The van der Waals surface area contributed by atoms with Crippen LogP contribution in [0.5, 0.6) is 11.5 Å². The van der Waals surface area contributed by atoms with Crippen LogP contribution >= 0.6 is 12.4 Å². The van der Waals surface area contributed by atoms with Crippen LogP contribution in [0.15, 0.2) is 18.2 Å². The molecule has 1 atom stereocenters. The van der Waals surface area contributed by atoms with Gasteiger partial charge in [-0.15, -0.1) is 12.4 Å². The number of methoxy groups -OCH3 is 1. The molecular weight excluding hydrogens is 394 g/mol. The van der Waals surface area contributed by atoms with E-state index in [1.807, 2.05) is 23.1 Å². The molecule has 1 unspecified atom stereocenters. The lowest BCUT2D eigenvalue weighted by molar-refractivity contribution is -0.134. The third kappa shape index (κ3) is 4.95. The molecule has 0 radical (unpaired) electrons. The van der Waals surface area contributed by atoms with Crippen molar-refractivity contribution in [3.8, 4) is 11.5 Å². The fourth-order valence-corrected chi connectivity index (χ4v) is 4.25. The third-order valence-corrected chi connectivity index (χ3v) is 6.17. The Morgan fingerprint density at radius 1 is 1.31 bits per heavy atom. The molecular formula is C21H30ClN3O4. The molecule has 1 amide bonds. The molecule has 3 rings (SSSR count). The summed E-state index contributed by atoms with van der Waals surface area (Å²) in [4.78, 5) is 17.7. The lowest BCUT2D eigenvalue weighted by Crippen LogP contribution is -2.50. The smallest absolute Gasteiger partial charge is 0.260 e. The first kappa shape index (κ1) is 23.3. The first-order valence-corrected chi connectivity index (χ1v) is 9.95. The lowest BCUT2D eigenvalue weighted by Gasteiger charge is -2.36. The van der Waals surface area contributed by atoms with Crippen molar-refractivity contribution >= 4 is 18.3 Å². The molecule has 1 aliphatic carbocycles. The first-order valence-electron chi connectivity index (χ1n) is 9.95. The number of hydrogen-bond acceptors (Lipinski definition) is 5. The Kier molecular flexibility index (Phi) is 8.14. The molecule has 1 heterocycles. The van der Waals surface area contributed by atoms with E-state index in [-0.39, 0.29) is 18.5 Å². The van der Waals surface area contributed by atoms with Crippen LogP contribution in [0, 0.1) is 6.57 Å². The van der Waals surface area contributed by atoms with Gasteiger partial charge in [-0.05, 0) is 50.8 Å². The molecule has 0 aromatic heterocycles. The van der Waals surface area contributed by atoms with Gasteiger partial charge in [-0.1, -0.05) is 0 Å². The second-order valence-electron chi connectivity index (χ2n) is 7.72. The highest BCUT2D eigenvalue weighted by molar-refractivity contribution is 5.85. The van der Waals surface area contributed by atoms with Crippen LogP contribution in [-0.2, 0) is 10.3 Å². The van der Waals surface area contributed by atoms with E-state index >= 15 is 0 Å². The van der Waals surface area contributed by atoms with E-state index < -0.39 is 17.5 Å². The number of nitrogens with one attached hydrogen (secondary N) is 1. The molecule has 1 aromatic carbocycles. The van der Waals surface area contributed by atoms with Gasteiger partial charge in [-0.2, -0.15) is 0 Å². The zero-order chi connectivity index (χ0) is 20.1. The lowest BCUT2D eigenvalue weighted by atomic mass is 9.81. The van der Waals surface area contributed by atoms with Gasteiger partial charge in [0.05, 0.1) is 19.3 Å². The number of likely N-dealkylation sites (tertiary alicyclic amines) is 1. The number of nitrogens with zero attached hydrogens (tertiary/aromatic N) is 2. The van der Waals surface area contributed by atoms with E-state index in [1.165, 1.54) is 12.8 Å². The summed E-state index contributed by atoms with van der Waals surface area (Å²) in [6.45, 7) is 10.9. The quantitative estimate of drug-likeness (QED) is 0.416. The van der Waals surface area contributed by atoms with Crippen molar-refractivity contribution in [2.24, 2.45) is 0 Å². The third-order valence-electron chi connectivity index (χ3n) is 6.17. The minimum absolute atomic E-state index is 0. The van der Waals surface area contributed by atoms with Crippen LogP contribution in [0.4, 0.5) is 0 Å². The Hall–Kier alpha value is -2.01. The summed E-state index contributed by atoms with van der Waals surface area (Å²) in [6.07, 6.45) is 5.95. The van der Waals surface area contributed by atoms with Crippen LogP contribution in [-0.4, -0.2) is 48.4 Å². The molecule has 2 N–H and O–H groups in total. The van der Waals surface area contributed by atoms with E-state index in [1.54, 1.807) is 19.5 Å². The number of amides is 1. The maximum atomic E-state index is 11.7. The van der Waals surface area contributed by atoms with Crippen molar-refractivity contribution in [3.63, 3.8) is 0 Å². The summed E-state index contributed by atoms with van der Waals surface area (Å²) in [6, 6.07) is 5.39. The van der Waals surface area contributed by atoms with Crippen LogP contribution in [0.2, 0.25) is 0 Å². The number of hydroxylamine groups is 1. The number of ether oxygens (including phenoxy) is 2. The fourth-order valence-electron chi connectivity index (χ4n) is 4.25. The molecule has 29 heavy (non-hydrogen) atoms. The molecule has 1 aliphatic heterocycles. The highest BCUT2D eigenvalue weighted by Crippen LogP contribution is 2.42. The molecule has 160 valence electrons. The number of piperidine rings is 1. The van der Waals surface area contributed by atoms with Gasteiger partial charge in [0, 0.05) is 31.5 Å². The first-order chi connectivity index (χ1) is 13.5. The summed E-state index contributed by atoms with van der Waals surface area (Å²) in [5.41, 5.74) is 2.02. The summed E-state index contributed by atoms with van der Waals surface area (Å²) >= 11 is 0. The van der Waals surface area contributed by atoms with Crippen LogP contribution in [0.3, 0.4) is 0 Å². The van der Waals surface area contributed by atoms with Gasteiger partial charge in [0.15, 0.2) is 11.5 Å². The van der Waals surface area contributed by atoms with Gasteiger partial charge in [0.2, 0.25) is 0 Å². The SMILES string of the molecule is Cl.[C-]#[N+]C1(c2ccc(OC)c(OC3CCCC3)c2)CCN(C(C)C(=O)NO)CC1. The average Bonchev–Trinajstić information content (AvgIpc) is 3.25. The van der Waals surface area contributed by atoms with Gasteiger partial charge < -0.3 is 14.3 Å². The van der Waals surface area contributed by atoms with Gasteiger partial charge in [0.25, 0.3) is 11.4 Å². The molecule has 1 saturated carbocycles. The predicted molar refractivity (Wildman–Crippen MR) is 112 cm³/mol. The Balaban J connectivity index is 0.00000300. The van der Waals surface area contributed by atoms with Gasteiger partial charge in [0.1, 0.15) is 0 Å². The Morgan fingerprint density at radius 2 is 1.97 bits per heavy atom. The van der Waals surface area contributed by atoms with E-state index in [0.29, 0.717) is 37.4 Å². The molecule has 1 aromatic rings. The maximum absolute atomic E-state index is 11.7. The van der Waals surface area contributed by atoms with Crippen LogP contribution in [0.25, 0.3) is 4.85 Å². The van der Waals surface area contributed by atoms with Crippen molar-refractivity contribution < 1.29 is 19.5 Å². The summed E-state index contributed by atoms with van der Waals surface area (Å²) in [5, 5.41) is 8.86. The van der Waals surface area contributed by atoms with Crippen molar-refractivity contribution in [1.29, 1.82) is 0 Å². The van der Waals surface area contributed by atoms with Crippen molar-refractivity contribution in [1.82, 2.24) is 10.4 Å². The molecule has 1 saturated heterocycles. The molecule has 2 aliphatic rings. The predicted octanol–water partition coefficient (Wildman–Crippen LogP) is 3.54. The summed E-state index contributed by atoms with van der Waals surface area (Å²) < 4.78 is 11.7. The van der Waals surface area contributed by atoms with E-state index in [0.717, 1.165) is 18.4 Å². The minimum atomic E-state index is -0.633. The maximum Gasteiger partial charge on any atom is 0.260 e. The molecule has 0 spiro atoms. The number of hydrogen-bond donors (Lipinski definition) is 2. The minimum Gasteiger partial charge on any atom is -0.493 e. The molecule has 8 heteroatoms.